The van der Waals surface area contributed by atoms with Gasteiger partial charge in [-0.05, 0) is 25.0 Å². The van der Waals surface area contributed by atoms with Crippen LogP contribution in [-0.4, -0.2) is 9.38 Å². The van der Waals surface area contributed by atoms with E-state index in [1.807, 2.05) is 22.7 Å². The minimum absolute atomic E-state index is 0.675. The van der Waals surface area contributed by atoms with Crippen LogP contribution in [0.4, 0.5) is 5.69 Å². The minimum atomic E-state index is 0.675. The molecule has 0 spiro atoms. The molecule has 1 fully saturated rings. The van der Waals surface area contributed by atoms with E-state index in [-0.39, 0.29) is 0 Å². The molecule has 1 aliphatic rings. The highest BCUT2D eigenvalue weighted by molar-refractivity contribution is 5.64. The summed E-state index contributed by atoms with van der Waals surface area (Å²) >= 11 is 0. The molecule has 0 aromatic carbocycles. The molecule has 3 nitrogen and oxygen atoms in total. The normalized spacial score (nSPS) is 17.1. The Kier molecular flexibility index (Phi) is 1.54. The number of fused-ring (bicyclic) bond motifs is 1. The van der Waals surface area contributed by atoms with Crippen molar-refractivity contribution in [3.8, 4) is 0 Å². The number of anilines is 1. The summed E-state index contributed by atoms with van der Waals surface area (Å²) in [7, 11) is 0. The predicted octanol–water partition coefficient (Wildman–Crippen LogP) is 2.18. The largest absolute Gasteiger partial charge is 0.396 e. The van der Waals surface area contributed by atoms with E-state index in [0.29, 0.717) is 5.92 Å². The lowest BCUT2D eigenvalue weighted by Crippen LogP contribution is -2.08. The zero-order chi connectivity index (χ0) is 9.54. The zero-order valence-corrected chi connectivity index (χ0v) is 7.98. The second-order valence-corrected chi connectivity index (χ2v) is 3.99. The fraction of sp³-hybridized carbons (Fsp3) is 0.364. The number of nitrogens with zero attached hydrogens (tertiary/aromatic N) is 2. The first kappa shape index (κ1) is 7.85. The van der Waals surface area contributed by atoms with E-state index in [1.54, 1.807) is 0 Å². The molecule has 1 aliphatic carbocycles. The number of hydrogen-bond acceptors (Lipinski definition) is 2. The number of pyridine rings is 1. The monoisotopic (exact) mass is 187 g/mol. The van der Waals surface area contributed by atoms with Crippen LogP contribution >= 0.6 is 0 Å². The topological polar surface area (TPSA) is 43.3 Å². The summed E-state index contributed by atoms with van der Waals surface area (Å²) in [5.74, 6) is 0.675. The number of hydrogen-bond donors (Lipinski definition) is 1. The standard InChI is InChI=1S/C11H13N3/c12-9-5-2-6-14-7-10(13-11(9)14)8-3-1-4-8/h2,5-8H,1,3-4,12H2. The summed E-state index contributed by atoms with van der Waals surface area (Å²) in [5.41, 5.74) is 8.71. The van der Waals surface area contributed by atoms with Gasteiger partial charge in [0.05, 0.1) is 11.4 Å². The van der Waals surface area contributed by atoms with Gasteiger partial charge in [-0.25, -0.2) is 4.98 Å². The van der Waals surface area contributed by atoms with E-state index < -0.39 is 0 Å². The fourth-order valence-corrected chi connectivity index (χ4v) is 1.95. The van der Waals surface area contributed by atoms with Crippen molar-refractivity contribution < 1.29 is 0 Å². The van der Waals surface area contributed by atoms with Crippen LogP contribution in [0, 0.1) is 0 Å². The van der Waals surface area contributed by atoms with Gasteiger partial charge in [-0.15, -0.1) is 0 Å². The molecule has 0 saturated heterocycles. The van der Waals surface area contributed by atoms with E-state index in [4.69, 9.17) is 5.73 Å². The summed E-state index contributed by atoms with van der Waals surface area (Å²) in [4.78, 5) is 4.57. The van der Waals surface area contributed by atoms with E-state index >= 15 is 0 Å². The van der Waals surface area contributed by atoms with E-state index in [9.17, 15) is 0 Å². The van der Waals surface area contributed by atoms with Crippen molar-refractivity contribution >= 4 is 11.3 Å². The maximum Gasteiger partial charge on any atom is 0.160 e. The highest BCUT2D eigenvalue weighted by Crippen LogP contribution is 2.35. The average Bonchev–Trinajstić information content (AvgIpc) is 2.46. The third-order valence-electron chi connectivity index (χ3n) is 3.06. The number of nitrogen functional groups attached to an aromatic ring is 1. The minimum Gasteiger partial charge on any atom is -0.396 e. The molecule has 0 aliphatic heterocycles. The molecule has 2 aromatic heterocycles. The molecule has 2 aromatic rings. The Bertz CT molecular complexity index is 468. The molecule has 72 valence electrons. The van der Waals surface area contributed by atoms with Crippen LogP contribution in [0.15, 0.2) is 24.5 Å². The third kappa shape index (κ3) is 1.02. The van der Waals surface area contributed by atoms with Crippen molar-refractivity contribution in [2.75, 3.05) is 5.73 Å². The molecular formula is C11H13N3. The molecule has 14 heavy (non-hydrogen) atoms. The molecule has 0 atom stereocenters. The SMILES string of the molecule is Nc1cccn2cc(C3CCC3)nc12. The predicted molar refractivity (Wildman–Crippen MR) is 56.2 cm³/mol. The molecule has 2 N–H and O–H groups in total. The quantitative estimate of drug-likeness (QED) is 0.743. The fourth-order valence-electron chi connectivity index (χ4n) is 1.95. The van der Waals surface area contributed by atoms with E-state index in [0.717, 1.165) is 11.3 Å². The van der Waals surface area contributed by atoms with Crippen molar-refractivity contribution in [3.05, 3.63) is 30.2 Å². The first-order chi connectivity index (χ1) is 6.84. The van der Waals surface area contributed by atoms with Crippen molar-refractivity contribution in [2.45, 2.75) is 25.2 Å². The van der Waals surface area contributed by atoms with Gasteiger partial charge in [0.25, 0.3) is 0 Å². The van der Waals surface area contributed by atoms with Gasteiger partial charge < -0.3 is 10.1 Å². The van der Waals surface area contributed by atoms with Gasteiger partial charge in [-0.3, -0.25) is 0 Å². The summed E-state index contributed by atoms with van der Waals surface area (Å²) < 4.78 is 2.02. The van der Waals surface area contributed by atoms with Crippen molar-refractivity contribution in [3.63, 3.8) is 0 Å². The van der Waals surface area contributed by atoms with Crippen LogP contribution in [-0.2, 0) is 0 Å². The molecule has 3 heteroatoms. The van der Waals surface area contributed by atoms with Gasteiger partial charge in [0, 0.05) is 18.3 Å². The number of imidazole rings is 1. The van der Waals surface area contributed by atoms with Gasteiger partial charge >= 0.3 is 0 Å². The van der Waals surface area contributed by atoms with Gasteiger partial charge in [0.2, 0.25) is 0 Å². The second kappa shape index (κ2) is 2.74. The van der Waals surface area contributed by atoms with Crippen molar-refractivity contribution in [2.24, 2.45) is 0 Å². The highest BCUT2D eigenvalue weighted by atomic mass is 15.0. The highest BCUT2D eigenvalue weighted by Gasteiger charge is 2.22. The van der Waals surface area contributed by atoms with Gasteiger partial charge in [-0.2, -0.15) is 0 Å². The number of aromatic nitrogens is 2. The molecule has 3 rings (SSSR count). The lowest BCUT2D eigenvalue weighted by Gasteiger charge is -2.22. The third-order valence-corrected chi connectivity index (χ3v) is 3.06. The first-order valence-electron chi connectivity index (χ1n) is 5.08. The van der Waals surface area contributed by atoms with E-state index in [1.165, 1.54) is 25.0 Å². The Balaban J connectivity index is 2.15. The zero-order valence-electron chi connectivity index (χ0n) is 7.98. The maximum absolute atomic E-state index is 5.85. The Morgan fingerprint density at radius 1 is 1.43 bits per heavy atom. The van der Waals surface area contributed by atoms with Gasteiger partial charge in [-0.1, -0.05) is 6.42 Å². The van der Waals surface area contributed by atoms with Crippen LogP contribution in [0.5, 0.6) is 0 Å². The average molecular weight is 187 g/mol. The molecule has 0 amide bonds. The van der Waals surface area contributed by atoms with Gasteiger partial charge in [0.1, 0.15) is 0 Å². The summed E-state index contributed by atoms with van der Waals surface area (Å²) in [6.45, 7) is 0. The summed E-state index contributed by atoms with van der Waals surface area (Å²) in [6.07, 6.45) is 8.01. The summed E-state index contributed by atoms with van der Waals surface area (Å²) in [5, 5.41) is 0. The molecule has 1 saturated carbocycles. The summed E-state index contributed by atoms with van der Waals surface area (Å²) in [6, 6.07) is 3.85. The Labute approximate surface area is 82.6 Å². The molecular weight excluding hydrogens is 174 g/mol. The van der Waals surface area contributed by atoms with Gasteiger partial charge in [0.15, 0.2) is 5.65 Å². The number of rotatable bonds is 1. The van der Waals surface area contributed by atoms with E-state index in [2.05, 4.69) is 11.2 Å². The number of nitrogens with two attached hydrogens (primary N) is 1. The van der Waals surface area contributed by atoms with Crippen LogP contribution in [0.1, 0.15) is 30.9 Å². The van der Waals surface area contributed by atoms with Crippen LogP contribution in [0.3, 0.4) is 0 Å². The Morgan fingerprint density at radius 3 is 2.93 bits per heavy atom. The molecule has 0 radical (unpaired) electrons. The van der Waals surface area contributed by atoms with Crippen LogP contribution in [0.25, 0.3) is 5.65 Å². The Morgan fingerprint density at radius 2 is 2.29 bits per heavy atom. The second-order valence-electron chi connectivity index (χ2n) is 3.99. The lowest BCUT2D eigenvalue weighted by atomic mass is 9.83. The maximum atomic E-state index is 5.85. The van der Waals surface area contributed by atoms with Crippen LogP contribution in [0.2, 0.25) is 0 Å². The molecule has 2 heterocycles. The van der Waals surface area contributed by atoms with Crippen molar-refractivity contribution in [1.82, 2.24) is 9.38 Å². The van der Waals surface area contributed by atoms with Crippen molar-refractivity contribution in [1.29, 1.82) is 0 Å². The molecule has 0 unspecified atom stereocenters. The smallest absolute Gasteiger partial charge is 0.160 e. The van der Waals surface area contributed by atoms with Crippen LogP contribution < -0.4 is 5.73 Å². The first-order valence-corrected chi connectivity index (χ1v) is 5.08. The Hall–Kier alpha value is -1.51. The lowest BCUT2D eigenvalue weighted by molar-refractivity contribution is 0.412. The molecule has 0 bridgehead atoms.